The van der Waals surface area contributed by atoms with Gasteiger partial charge < -0.3 is 20.1 Å². The Morgan fingerprint density at radius 3 is 2.71 bits per heavy atom. The first-order valence-electron chi connectivity index (χ1n) is 8.13. The summed E-state index contributed by atoms with van der Waals surface area (Å²) in [5.74, 6) is 0.487. The van der Waals surface area contributed by atoms with E-state index in [1.165, 1.54) is 0 Å². The molecular formula is C16H30N2O3. The molecular weight excluding hydrogens is 268 g/mol. The number of amides is 1. The fourth-order valence-corrected chi connectivity index (χ4v) is 2.83. The zero-order valence-corrected chi connectivity index (χ0v) is 13.7. The van der Waals surface area contributed by atoms with Gasteiger partial charge in [0, 0.05) is 31.7 Å². The van der Waals surface area contributed by atoms with Gasteiger partial charge >= 0.3 is 6.09 Å². The van der Waals surface area contributed by atoms with E-state index in [-0.39, 0.29) is 18.1 Å². The first-order valence-corrected chi connectivity index (χ1v) is 8.13. The van der Waals surface area contributed by atoms with E-state index in [0.717, 1.165) is 51.9 Å². The van der Waals surface area contributed by atoms with Crippen LogP contribution in [0.4, 0.5) is 4.79 Å². The number of carbonyl (C=O) groups is 1. The molecule has 0 radical (unpaired) electrons. The van der Waals surface area contributed by atoms with Gasteiger partial charge in [0.2, 0.25) is 0 Å². The van der Waals surface area contributed by atoms with E-state index in [1.54, 1.807) is 0 Å². The second-order valence-electron chi connectivity index (χ2n) is 7.72. The number of hydrogen-bond acceptors (Lipinski definition) is 4. The van der Waals surface area contributed by atoms with E-state index in [2.05, 4.69) is 5.32 Å². The molecule has 1 aliphatic carbocycles. The second-order valence-corrected chi connectivity index (χ2v) is 7.72. The summed E-state index contributed by atoms with van der Waals surface area (Å²) in [6.45, 7) is 9.37. The third kappa shape index (κ3) is 5.15. The Labute approximate surface area is 128 Å². The Kier molecular flexibility index (Phi) is 5.15. The van der Waals surface area contributed by atoms with Crippen molar-refractivity contribution >= 4 is 6.09 Å². The van der Waals surface area contributed by atoms with Crippen LogP contribution in [0.25, 0.3) is 0 Å². The Morgan fingerprint density at radius 1 is 1.43 bits per heavy atom. The number of aliphatic hydroxyl groups is 1. The maximum absolute atomic E-state index is 12.1. The van der Waals surface area contributed by atoms with Gasteiger partial charge in [0.25, 0.3) is 0 Å². The summed E-state index contributed by atoms with van der Waals surface area (Å²) in [6, 6.07) is 0. The summed E-state index contributed by atoms with van der Waals surface area (Å²) >= 11 is 0. The number of likely N-dealkylation sites (tertiary alicyclic amines) is 1. The van der Waals surface area contributed by atoms with Crippen LogP contribution in [0.15, 0.2) is 0 Å². The van der Waals surface area contributed by atoms with Crippen LogP contribution in [0.2, 0.25) is 0 Å². The van der Waals surface area contributed by atoms with Gasteiger partial charge in [0.1, 0.15) is 5.60 Å². The molecule has 21 heavy (non-hydrogen) atoms. The molecule has 0 aromatic heterocycles. The molecule has 0 aromatic rings. The minimum absolute atomic E-state index is 0.152. The van der Waals surface area contributed by atoms with Gasteiger partial charge in [-0.2, -0.15) is 0 Å². The second kappa shape index (κ2) is 6.53. The lowest BCUT2D eigenvalue weighted by atomic mass is 9.98. The van der Waals surface area contributed by atoms with Crippen LogP contribution in [-0.4, -0.2) is 54.5 Å². The zero-order chi connectivity index (χ0) is 15.5. The third-order valence-electron chi connectivity index (χ3n) is 4.40. The van der Waals surface area contributed by atoms with Crippen molar-refractivity contribution in [3.8, 4) is 0 Å². The normalized spacial score (nSPS) is 24.8. The van der Waals surface area contributed by atoms with E-state index >= 15 is 0 Å². The molecule has 122 valence electrons. The largest absolute Gasteiger partial charge is 0.444 e. The standard InChI is InChI=1S/C16H30N2O3/c1-15(2,3)21-14(20)18-8-4-5-13(10-18)9-17-11-16(12-19)6-7-16/h13,17,19H,4-12H2,1-3H3. The lowest BCUT2D eigenvalue weighted by Crippen LogP contribution is -2.45. The Bertz CT molecular complexity index is 361. The molecule has 1 unspecified atom stereocenters. The Hall–Kier alpha value is -0.810. The van der Waals surface area contributed by atoms with Crippen molar-refractivity contribution in [1.82, 2.24) is 10.2 Å². The molecule has 0 spiro atoms. The number of carbonyl (C=O) groups excluding carboxylic acids is 1. The van der Waals surface area contributed by atoms with Crippen molar-refractivity contribution < 1.29 is 14.6 Å². The molecule has 1 amide bonds. The SMILES string of the molecule is CC(C)(C)OC(=O)N1CCCC(CNCC2(CO)CC2)C1. The summed E-state index contributed by atoms with van der Waals surface area (Å²) in [5, 5.41) is 12.8. The molecule has 5 heteroatoms. The summed E-state index contributed by atoms with van der Waals surface area (Å²) in [4.78, 5) is 13.9. The quantitative estimate of drug-likeness (QED) is 0.815. The average molecular weight is 298 g/mol. The molecule has 1 heterocycles. The van der Waals surface area contributed by atoms with Gasteiger partial charge in [0.15, 0.2) is 0 Å². The number of rotatable bonds is 5. The predicted octanol–water partition coefficient (Wildman–Crippen LogP) is 2.00. The number of piperidine rings is 1. The molecule has 2 N–H and O–H groups in total. The summed E-state index contributed by atoms with van der Waals surface area (Å²) in [6.07, 6.45) is 4.26. The number of hydrogen-bond donors (Lipinski definition) is 2. The molecule has 5 nitrogen and oxygen atoms in total. The number of ether oxygens (including phenoxy) is 1. The lowest BCUT2D eigenvalue weighted by molar-refractivity contribution is 0.0165. The molecule has 2 fully saturated rings. The minimum atomic E-state index is -0.429. The van der Waals surface area contributed by atoms with E-state index in [0.29, 0.717) is 5.92 Å². The van der Waals surface area contributed by atoms with Crippen molar-refractivity contribution in [3.05, 3.63) is 0 Å². The van der Waals surface area contributed by atoms with E-state index < -0.39 is 5.60 Å². The van der Waals surface area contributed by atoms with Crippen molar-refractivity contribution in [2.75, 3.05) is 32.8 Å². The summed E-state index contributed by atoms with van der Waals surface area (Å²) in [5.41, 5.74) is -0.277. The number of nitrogens with zero attached hydrogens (tertiary/aromatic N) is 1. The number of aliphatic hydroxyl groups excluding tert-OH is 1. The first kappa shape index (κ1) is 16.6. The highest BCUT2D eigenvalue weighted by molar-refractivity contribution is 5.68. The van der Waals surface area contributed by atoms with E-state index in [1.807, 2.05) is 25.7 Å². The Balaban J connectivity index is 1.71. The molecule has 0 aromatic carbocycles. The van der Waals surface area contributed by atoms with Gasteiger partial charge in [-0.25, -0.2) is 4.79 Å². The molecule has 0 bridgehead atoms. The third-order valence-corrected chi connectivity index (χ3v) is 4.40. The topological polar surface area (TPSA) is 61.8 Å². The van der Waals surface area contributed by atoms with Crippen LogP contribution in [0.3, 0.4) is 0 Å². The van der Waals surface area contributed by atoms with Crippen molar-refractivity contribution in [1.29, 1.82) is 0 Å². The average Bonchev–Trinajstić information content (AvgIpc) is 3.18. The Morgan fingerprint density at radius 2 is 2.14 bits per heavy atom. The van der Waals surface area contributed by atoms with Crippen LogP contribution in [0.5, 0.6) is 0 Å². The van der Waals surface area contributed by atoms with Crippen molar-refractivity contribution in [3.63, 3.8) is 0 Å². The fraction of sp³-hybridized carbons (Fsp3) is 0.938. The number of nitrogens with one attached hydrogen (secondary N) is 1. The fourth-order valence-electron chi connectivity index (χ4n) is 2.83. The van der Waals surface area contributed by atoms with Crippen molar-refractivity contribution in [2.24, 2.45) is 11.3 Å². The van der Waals surface area contributed by atoms with Gasteiger partial charge in [-0.3, -0.25) is 0 Å². The highest BCUT2D eigenvalue weighted by atomic mass is 16.6. The van der Waals surface area contributed by atoms with Crippen molar-refractivity contribution in [2.45, 2.75) is 52.1 Å². The van der Waals surface area contributed by atoms with Crippen LogP contribution in [-0.2, 0) is 4.74 Å². The minimum Gasteiger partial charge on any atom is -0.444 e. The first-order chi connectivity index (χ1) is 9.84. The lowest BCUT2D eigenvalue weighted by Gasteiger charge is -2.34. The molecule has 2 aliphatic rings. The van der Waals surface area contributed by atoms with Crippen LogP contribution < -0.4 is 5.32 Å². The monoisotopic (exact) mass is 298 g/mol. The predicted molar refractivity (Wildman–Crippen MR) is 82.2 cm³/mol. The zero-order valence-electron chi connectivity index (χ0n) is 13.7. The molecule has 1 atom stereocenters. The smallest absolute Gasteiger partial charge is 0.410 e. The van der Waals surface area contributed by atoms with Gasteiger partial charge in [0.05, 0.1) is 0 Å². The molecule has 1 saturated heterocycles. The van der Waals surface area contributed by atoms with Gasteiger partial charge in [-0.15, -0.1) is 0 Å². The van der Waals surface area contributed by atoms with Crippen LogP contribution in [0, 0.1) is 11.3 Å². The molecule has 1 aliphatic heterocycles. The maximum Gasteiger partial charge on any atom is 0.410 e. The van der Waals surface area contributed by atoms with Crippen LogP contribution in [0.1, 0.15) is 46.5 Å². The maximum atomic E-state index is 12.1. The van der Waals surface area contributed by atoms with Crippen LogP contribution >= 0.6 is 0 Å². The highest BCUT2D eigenvalue weighted by Crippen LogP contribution is 2.44. The highest BCUT2D eigenvalue weighted by Gasteiger charge is 2.41. The summed E-state index contributed by atoms with van der Waals surface area (Å²) < 4.78 is 5.45. The van der Waals surface area contributed by atoms with Gasteiger partial charge in [-0.1, -0.05) is 0 Å². The van der Waals surface area contributed by atoms with Gasteiger partial charge in [-0.05, 0) is 58.9 Å². The summed E-state index contributed by atoms with van der Waals surface area (Å²) in [7, 11) is 0. The van der Waals surface area contributed by atoms with E-state index in [4.69, 9.17) is 4.74 Å². The molecule has 1 saturated carbocycles. The van der Waals surface area contributed by atoms with E-state index in [9.17, 15) is 9.90 Å². The molecule has 2 rings (SSSR count).